The molecule has 0 heterocycles. The van der Waals surface area contributed by atoms with Gasteiger partial charge in [-0.2, -0.15) is 0 Å². The summed E-state index contributed by atoms with van der Waals surface area (Å²) in [5, 5.41) is 11.6. The van der Waals surface area contributed by atoms with E-state index in [1.165, 1.54) is 12.8 Å². The minimum absolute atomic E-state index is 0.270. The van der Waals surface area contributed by atoms with Crippen molar-refractivity contribution in [1.29, 1.82) is 0 Å². The van der Waals surface area contributed by atoms with Crippen molar-refractivity contribution in [3.8, 4) is 0 Å². The van der Waals surface area contributed by atoms with Crippen molar-refractivity contribution in [2.75, 3.05) is 19.0 Å². The molecule has 5 nitrogen and oxygen atoms in total. The Morgan fingerprint density at radius 1 is 1.31 bits per heavy atom. The molecule has 0 radical (unpaired) electrons. The van der Waals surface area contributed by atoms with E-state index in [1.807, 2.05) is 20.8 Å². The zero-order valence-electron chi connectivity index (χ0n) is 18.1. The van der Waals surface area contributed by atoms with Crippen LogP contribution in [0.5, 0.6) is 0 Å². The summed E-state index contributed by atoms with van der Waals surface area (Å²) in [5.41, 5.74) is 1.47. The molecule has 0 aliphatic heterocycles. The van der Waals surface area contributed by atoms with Crippen molar-refractivity contribution in [3.05, 3.63) is 64.4 Å². The third-order valence-electron chi connectivity index (χ3n) is 3.38. The number of allylic oxidation sites excluding steroid dienone is 5. The second-order valence-electron chi connectivity index (χ2n) is 5.58. The summed E-state index contributed by atoms with van der Waals surface area (Å²) < 4.78 is 6.21. The molecule has 29 heavy (non-hydrogen) atoms. The van der Waals surface area contributed by atoms with Crippen LogP contribution in [0.15, 0.2) is 58.8 Å². The average Bonchev–Trinajstić information content (AvgIpc) is 2.72. The van der Waals surface area contributed by atoms with Crippen molar-refractivity contribution >= 4 is 33.9 Å². The Hall–Kier alpha value is -2.34. The van der Waals surface area contributed by atoms with Gasteiger partial charge in [0.1, 0.15) is 6.29 Å². The van der Waals surface area contributed by atoms with E-state index in [0.717, 1.165) is 29.5 Å². The number of carboxylic acids is 1. The number of hydrogen-bond donors (Lipinski definition) is 2. The van der Waals surface area contributed by atoms with Crippen LogP contribution in [-0.2, 0) is 9.53 Å². The first-order valence-electron chi connectivity index (χ1n) is 9.69. The fourth-order valence-electron chi connectivity index (χ4n) is 2.03. The number of halogens is 1. The number of rotatable bonds is 10. The van der Waals surface area contributed by atoms with Gasteiger partial charge in [-0.25, -0.2) is 4.79 Å². The first kappa shape index (κ1) is 28.9. The molecule has 0 unspecified atom stereocenters. The fourth-order valence-corrected chi connectivity index (χ4v) is 2.39. The SMILES string of the molecule is C=C/C=C(C=O)\C=C(/C)OCCCCC.CC.CNc1ccc(Br)cc1C(=O)O. The van der Waals surface area contributed by atoms with Gasteiger partial charge in [0.2, 0.25) is 0 Å². The molecule has 0 fully saturated rings. The first-order chi connectivity index (χ1) is 13.9. The summed E-state index contributed by atoms with van der Waals surface area (Å²) in [7, 11) is 1.69. The molecule has 0 bridgehead atoms. The Balaban J connectivity index is 0. The summed E-state index contributed by atoms with van der Waals surface area (Å²) in [6.45, 7) is 12.3. The van der Waals surface area contributed by atoms with Crippen LogP contribution in [0, 0.1) is 0 Å². The topological polar surface area (TPSA) is 75.6 Å². The second kappa shape index (κ2) is 19.0. The summed E-state index contributed by atoms with van der Waals surface area (Å²) in [6, 6.07) is 5.07. The van der Waals surface area contributed by atoms with Gasteiger partial charge in [-0.15, -0.1) is 0 Å². The molecule has 0 aliphatic rings. The Morgan fingerprint density at radius 2 is 1.97 bits per heavy atom. The van der Waals surface area contributed by atoms with Gasteiger partial charge >= 0.3 is 5.97 Å². The molecule has 6 heteroatoms. The van der Waals surface area contributed by atoms with E-state index in [2.05, 4.69) is 34.7 Å². The van der Waals surface area contributed by atoms with Gasteiger partial charge in [0.05, 0.1) is 17.9 Å². The lowest BCUT2D eigenvalue weighted by Crippen LogP contribution is -2.02. The molecular weight excluding hydrogens is 434 g/mol. The van der Waals surface area contributed by atoms with Gasteiger partial charge in [0, 0.05) is 22.8 Å². The van der Waals surface area contributed by atoms with Crippen molar-refractivity contribution in [1.82, 2.24) is 0 Å². The highest BCUT2D eigenvalue weighted by atomic mass is 79.9. The molecule has 1 rings (SSSR count). The number of carbonyl (C=O) groups is 2. The van der Waals surface area contributed by atoms with Crippen LogP contribution in [-0.4, -0.2) is 31.0 Å². The lowest BCUT2D eigenvalue weighted by molar-refractivity contribution is -0.104. The molecule has 0 atom stereocenters. The molecule has 0 spiro atoms. The van der Waals surface area contributed by atoms with Crippen molar-refractivity contribution in [2.24, 2.45) is 0 Å². The van der Waals surface area contributed by atoms with E-state index in [4.69, 9.17) is 9.84 Å². The maximum Gasteiger partial charge on any atom is 0.337 e. The number of nitrogens with one attached hydrogen (secondary N) is 1. The largest absolute Gasteiger partial charge is 0.498 e. The van der Waals surface area contributed by atoms with Gasteiger partial charge in [0.25, 0.3) is 0 Å². The number of hydrogen-bond acceptors (Lipinski definition) is 4. The number of aldehydes is 1. The van der Waals surface area contributed by atoms with Gasteiger partial charge < -0.3 is 15.2 Å². The molecule has 0 aromatic heterocycles. The molecular formula is C23H34BrNO4. The van der Waals surface area contributed by atoms with Crippen LogP contribution in [0.1, 0.15) is 57.3 Å². The monoisotopic (exact) mass is 467 g/mol. The van der Waals surface area contributed by atoms with E-state index in [-0.39, 0.29) is 5.56 Å². The van der Waals surface area contributed by atoms with Gasteiger partial charge in [-0.05, 0) is 37.6 Å². The predicted octanol–water partition coefficient (Wildman–Crippen LogP) is 6.62. The maximum absolute atomic E-state index is 10.7. The summed E-state index contributed by atoms with van der Waals surface area (Å²) in [6.07, 6.45) is 9.18. The molecule has 1 aromatic carbocycles. The number of anilines is 1. The summed E-state index contributed by atoms with van der Waals surface area (Å²) in [4.78, 5) is 21.3. The molecule has 1 aromatic rings. The number of carbonyl (C=O) groups excluding carboxylic acids is 1. The van der Waals surface area contributed by atoms with Crippen LogP contribution in [0.25, 0.3) is 0 Å². The summed E-state index contributed by atoms with van der Waals surface area (Å²) in [5.74, 6) is -0.160. The lowest BCUT2D eigenvalue weighted by Gasteiger charge is -2.05. The van der Waals surface area contributed by atoms with Crippen molar-refractivity contribution < 1.29 is 19.4 Å². The Kier molecular flexibility index (Phi) is 18.9. The van der Waals surface area contributed by atoms with Crippen LogP contribution in [0.4, 0.5) is 5.69 Å². The third kappa shape index (κ3) is 14.3. The predicted molar refractivity (Wildman–Crippen MR) is 126 cm³/mol. The minimum atomic E-state index is -0.930. The van der Waals surface area contributed by atoms with Crippen LogP contribution >= 0.6 is 15.9 Å². The highest BCUT2D eigenvalue weighted by Crippen LogP contribution is 2.20. The molecule has 0 aliphatic carbocycles. The molecule has 0 saturated heterocycles. The van der Waals surface area contributed by atoms with Crippen molar-refractivity contribution in [2.45, 2.75) is 47.0 Å². The smallest absolute Gasteiger partial charge is 0.337 e. The minimum Gasteiger partial charge on any atom is -0.498 e. The van der Waals surface area contributed by atoms with Crippen LogP contribution < -0.4 is 5.32 Å². The van der Waals surface area contributed by atoms with Crippen molar-refractivity contribution in [3.63, 3.8) is 0 Å². The Labute approximate surface area is 183 Å². The van der Waals surface area contributed by atoms with Crippen LogP contribution in [0.2, 0.25) is 0 Å². The molecule has 0 saturated carbocycles. The van der Waals surface area contributed by atoms with Crippen LogP contribution in [0.3, 0.4) is 0 Å². The number of carboxylic acid groups (broad SMARTS) is 1. The first-order valence-corrected chi connectivity index (χ1v) is 10.5. The van der Waals surface area contributed by atoms with E-state index in [9.17, 15) is 9.59 Å². The zero-order chi connectivity index (χ0) is 22.7. The van der Waals surface area contributed by atoms with E-state index in [0.29, 0.717) is 11.3 Å². The Morgan fingerprint density at radius 3 is 2.45 bits per heavy atom. The molecule has 162 valence electrons. The third-order valence-corrected chi connectivity index (χ3v) is 3.87. The fraction of sp³-hybridized carbons (Fsp3) is 0.391. The number of aromatic carboxylic acids is 1. The van der Waals surface area contributed by atoms with Gasteiger partial charge in [-0.3, -0.25) is 4.79 Å². The maximum atomic E-state index is 10.7. The highest BCUT2D eigenvalue weighted by Gasteiger charge is 2.08. The molecule has 2 N–H and O–H groups in total. The molecule has 0 amide bonds. The highest BCUT2D eigenvalue weighted by molar-refractivity contribution is 9.10. The average molecular weight is 468 g/mol. The Bertz CT molecular complexity index is 681. The zero-order valence-corrected chi connectivity index (χ0v) is 19.7. The van der Waals surface area contributed by atoms with E-state index >= 15 is 0 Å². The number of unbranched alkanes of at least 4 members (excludes halogenated alkanes) is 2. The lowest BCUT2D eigenvalue weighted by atomic mass is 10.2. The quantitative estimate of drug-likeness (QED) is 0.133. The van der Waals surface area contributed by atoms with Gasteiger partial charge in [-0.1, -0.05) is 68.3 Å². The normalized spacial score (nSPS) is 10.6. The second-order valence-corrected chi connectivity index (χ2v) is 6.49. The standard InChI is InChI=1S/C13H20O2.C8H8BrNO2.C2H6/c1-4-6-7-9-15-12(3)10-13(11-14)8-5-2;1-10-7-3-2-5(9)4-6(7)8(11)12;1-2/h5,8,10-11H,2,4,6-7,9H2,1,3H3;2-4,10H,1H3,(H,11,12);1-2H3/b12-10+,13-8+;;. The van der Waals surface area contributed by atoms with E-state index < -0.39 is 5.97 Å². The van der Waals surface area contributed by atoms with Gasteiger partial charge in [0.15, 0.2) is 0 Å². The number of benzene rings is 1. The van der Waals surface area contributed by atoms with E-state index in [1.54, 1.807) is 43.5 Å². The summed E-state index contributed by atoms with van der Waals surface area (Å²) >= 11 is 3.20. The number of ether oxygens (including phenoxy) is 1.